The molecule has 5 nitrogen and oxygen atoms in total. The topological polar surface area (TPSA) is 53.0 Å². The Kier molecular flexibility index (Phi) is 5.13. The molecule has 2 aliphatic rings. The number of aryl methyl sites for hydroxylation is 1. The third kappa shape index (κ3) is 3.64. The smallest absolute Gasteiger partial charge is 0.227 e. The minimum Gasteiger partial charge on any atom is -0.494 e. The van der Waals surface area contributed by atoms with Gasteiger partial charge in [0.25, 0.3) is 0 Å². The van der Waals surface area contributed by atoms with Gasteiger partial charge in [0.1, 0.15) is 5.75 Å². The van der Waals surface area contributed by atoms with E-state index in [0.717, 1.165) is 48.7 Å². The maximum atomic E-state index is 12.6. The summed E-state index contributed by atoms with van der Waals surface area (Å²) in [5.41, 5.74) is 4.28. The lowest BCUT2D eigenvalue weighted by Gasteiger charge is -2.47. The van der Waals surface area contributed by atoms with Crippen molar-refractivity contribution in [1.82, 2.24) is 4.90 Å². The quantitative estimate of drug-likeness (QED) is 0.837. The molecule has 0 atom stereocenters. The molecule has 1 spiro atoms. The molecule has 2 heterocycles. The van der Waals surface area contributed by atoms with Crippen molar-refractivity contribution < 1.29 is 14.6 Å². The Labute approximate surface area is 166 Å². The van der Waals surface area contributed by atoms with Gasteiger partial charge in [-0.15, -0.1) is 0 Å². The van der Waals surface area contributed by atoms with Crippen LogP contribution >= 0.6 is 0 Å². The van der Waals surface area contributed by atoms with Crippen LogP contribution in [0.4, 0.5) is 5.69 Å². The van der Waals surface area contributed by atoms with Gasteiger partial charge in [0.05, 0.1) is 13.2 Å². The van der Waals surface area contributed by atoms with Crippen LogP contribution in [0.5, 0.6) is 5.75 Å². The summed E-state index contributed by atoms with van der Waals surface area (Å²) in [5.74, 6) is 1.16. The zero-order chi connectivity index (χ0) is 19.7. The summed E-state index contributed by atoms with van der Waals surface area (Å²) < 4.78 is 5.71. The van der Waals surface area contributed by atoms with E-state index in [0.29, 0.717) is 13.0 Å². The van der Waals surface area contributed by atoms with Crippen LogP contribution in [-0.4, -0.2) is 42.2 Å². The fraction of sp³-hybridized carbons (Fsp3) is 0.435. The standard InChI is InChI=1S/C23H28N2O3/c1-3-28-21-10-19(5-4-17(21)2)12-24-14-23(15-24)11-22(27)25(16-23)20-8-6-18(13-26)7-9-20/h4-10,26H,3,11-16H2,1-2H3. The van der Waals surface area contributed by atoms with E-state index in [1.54, 1.807) is 0 Å². The fourth-order valence-corrected chi connectivity index (χ4v) is 4.45. The Balaban J connectivity index is 1.38. The highest BCUT2D eigenvalue weighted by Crippen LogP contribution is 2.42. The van der Waals surface area contributed by atoms with Gasteiger partial charge in [-0.2, -0.15) is 0 Å². The van der Waals surface area contributed by atoms with Crippen LogP contribution in [-0.2, 0) is 17.9 Å². The predicted octanol–water partition coefficient (Wildman–Crippen LogP) is 3.12. The normalized spacial score (nSPS) is 18.5. The average molecular weight is 380 g/mol. The van der Waals surface area contributed by atoms with Crippen LogP contribution in [0, 0.1) is 12.3 Å². The Morgan fingerprint density at radius 1 is 1.07 bits per heavy atom. The molecule has 0 unspecified atom stereocenters. The zero-order valence-corrected chi connectivity index (χ0v) is 16.6. The number of aliphatic hydroxyl groups is 1. The van der Waals surface area contributed by atoms with Crippen LogP contribution in [0.2, 0.25) is 0 Å². The molecule has 0 bridgehead atoms. The van der Waals surface area contributed by atoms with E-state index in [9.17, 15) is 9.90 Å². The van der Waals surface area contributed by atoms with Gasteiger partial charge in [0.2, 0.25) is 5.91 Å². The highest BCUT2D eigenvalue weighted by Gasteiger charge is 2.51. The Bertz CT molecular complexity index is 857. The number of amides is 1. The number of carbonyl (C=O) groups is 1. The third-order valence-corrected chi connectivity index (χ3v) is 5.83. The van der Waals surface area contributed by atoms with Crippen LogP contribution in [0.25, 0.3) is 0 Å². The van der Waals surface area contributed by atoms with E-state index in [4.69, 9.17) is 4.74 Å². The van der Waals surface area contributed by atoms with Crippen molar-refractivity contribution in [3.63, 3.8) is 0 Å². The van der Waals surface area contributed by atoms with Gasteiger partial charge in [-0.25, -0.2) is 0 Å². The first-order valence-corrected chi connectivity index (χ1v) is 9.97. The third-order valence-electron chi connectivity index (χ3n) is 5.83. The van der Waals surface area contributed by atoms with Crippen LogP contribution in [0.3, 0.4) is 0 Å². The number of anilines is 1. The number of hydrogen-bond acceptors (Lipinski definition) is 4. The molecule has 28 heavy (non-hydrogen) atoms. The number of aliphatic hydroxyl groups excluding tert-OH is 1. The molecule has 0 aliphatic carbocycles. The highest BCUT2D eigenvalue weighted by atomic mass is 16.5. The Morgan fingerprint density at radius 2 is 1.79 bits per heavy atom. The molecule has 0 radical (unpaired) electrons. The van der Waals surface area contributed by atoms with Gasteiger partial charge in [-0.3, -0.25) is 9.69 Å². The molecule has 2 aromatic carbocycles. The van der Waals surface area contributed by atoms with E-state index in [1.165, 1.54) is 5.56 Å². The Morgan fingerprint density at radius 3 is 2.46 bits per heavy atom. The lowest BCUT2D eigenvalue weighted by atomic mass is 9.78. The van der Waals surface area contributed by atoms with E-state index in [1.807, 2.05) is 36.1 Å². The zero-order valence-electron chi connectivity index (χ0n) is 16.6. The van der Waals surface area contributed by atoms with Crippen LogP contribution < -0.4 is 9.64 Å². The molecule has 5 heteroatoms. The summed E-state index contributed by atoms with van der Waals surface area (Å²) >= 11 is 0. The first kappa shape index (κ1) is 19.0. The van der Waals surface area contributed by atoms with E-state index in [2.05, 4.69) is 30.0 Å². The molecule has 148 valence electrons. The lowest BCUT2D eigenvalue weighted by molar-refractivity contribution is -0.119. The molecular weight excluding hydrogens is 352 g/mol. The number of hydrogen-bond donors (Lipinski definition) is 1. The molecule has 1 amide bonds. The molecule has 1 N–H and O–H groups in total. The van der Waals surface area contributed by atoms with Gasteiger partial charge < -0.3 is 14.7 Å². The van der Waals surface area contributed by atoms with Crippen molar-refractivity contribution in [3.05, 3.63) is 59.2 Å². The fourth-order valence-electron chi connectivity index (χ4n) is 4.45. The average Bonchev–Trinajstić information content (AvgIpc) is 3.02. The summed E-state index contributed by atoms with van der Waals surface area (Å²) in [6.07, 6.45) is 0.614. The Hall–Kier alpha value is -2.37. The van der Waals surface area contributed by atoms with Crippen molar-refractivity contribution in [1.29, 1.82) is 0 Å². The van der Waals surface area contributed by atoms with Crippen molar-refractivity contribution in [2.24, 2.45) is 5.41 Å². The molecule has 0 saturated carbocycles. The molecule has 2 aromatic rings. The van der Waals surface area contributed by atoms with E-state index < -0.39 is 0 Å². The van der Waals surface area contributed by atoms with Crippen LogP contribution in [0.15, 0.2) is 42.5 Å². The van der Waals surface area contributed by atoms with Crippen molar-refractivity contribution in [2.75, 3.05) is 31.1 Å². The largest absolute Gasteiger partial charge is 0.494 e. The molecule has 2 aliphatic heterocycles. The van der Waals surface area contributed by atoms with Crippen molar-refractivity contribution in [2.45, 2.75) is 33.4 Å². The number of ether oxygens (including phenoxy) is 1. The van der Waals surface area contributed by atoms with Crippen molar-refractivity contribution in [3.8, 4) is 5.75 Å². The van der Waals surface area contributed by atoms with Gasteiger partial charge >= 0.3 is 0 Å². The summed E-state index contributed by atoms with van der Waals surface area (Å²) in [6.45, 7) is 8.33. The SMILES string of the molecule is CCOc1cc(CN2CC3(CC(=O)N(c4ccc(CO)cc4)C3)C2)ccc1C. The summed E-state index contributed by atoms with van der Waals surface area (Å²) in [5, 5.41) is 9.19. The van der Waals surface area contributed by atoms with Crippen molar-refractivity contribution >= 4 is 11.6 Å². The summed E-state index contributed by atoms with van der Waals surface area (Å²) in [4.78, 5) is 16.9. The molecule has 2 fully saturated rings. The number of carbonyl (C=O) groups excluding carboxylic acids is 1. The van der Waals surface area contributed by atoms with Crippen LogP contribution in [0.1, 0.15) is 30.0 Å². The maximum Gasteiger partial charge on any atom is 0.227 e. The number of benzene rings is 2. The first-order chi connectivity index (χ1) is 13.5. The van der Waals surface area contributed by atoms with Gasteiger partial charge in [-0.05, 0) is 48.7 Å². The summed E-state index contributed by atoms with van der Waals surface area (Å²) in [7, 11) is 0. The van der Waals surface area contributed by atoms with Gasteiger partial charge in [0.15, 0.2) is 0 Å². The van der Waals surface area contributed by atoms with Gasteiger partial charge in [0, 0.05) is 43.7 Å². The van der Waals surface area contributed by atoms with E-state index in [-0.39, 0.29) is 17.9 Å². The number of likely N-dealkylation sites (tertiary alicyclic amines) is 1. The molecular formula is C23H28N2O3. The predicted molar refractivity (Wildman–Crippen MR) is 109 cm³/mol. The number of rotatable bonds is 6. The van der Waals surface area contributed by atoms with E-state index >= 15 is 0 Å². The second-order valence-electron chi connectivity index (χ2n) is 8.16. The second kappa shape index (κ2) is 7.57. The lowest BCUT2D eigenvalue weighted by Crippen LogP contribution is -2.56. The minimum atomic E-state index is 0.0249. The number of nitrogens with zero attached hydrogens (tertiary/aromatic N) is 2. The molecule has 4 rings (SSSR count). The molecule has 2 saturated heterocycles. The molecule has 0 aromatic heterocycles. The highest BCUT2D eigenvalue weighted by molar-refractivity contribution is 5.96. The minimum absolute atomic E-state index is 0.0249. The second-order valence-corrected chi connectivity index (χ2v) is 8.16. The van der Waals surface area contributed by atoms with Gasteiger partial charge in [-0.1, -0.05) is 24.3 Å². The monoisotopic (exact) mass is 380 g/mol. The first-order valence-electron chi connectivity index (χ1n) is 9.97. The maximum absolute atomic E-state index is 12.6. The summed E-state index contributed by atoms with van der Waals surface area (Å²) in [6, 6.07) is 14.0.